The maximum atomic E-state index is 12.5. The van der Waals surface area contributed by atoms with Crippen LogP contribution in [0.2, 0.25) is 0 Å². The number of para-hydroxylation sites is 1. The van der Waals surface area contributed by atoms with Gasteiger partial charge in [-0.05, 0) is 25.5 Å². The molecular formula is C15H25O6P. The van der Waals surface area contributed by atoms with Crippen LogP contribution in [0.15, 0.2) is 30.3 Å². The van der Waals surface area contributed by atoms with Crippen LogP contribution in [-0.2, 0) is 23.0 Å². The van der Waals surface area contributed by atoms with Crippen molar-refractivity contribution in [3.8, 4) is 5.75 Å². The number of phosphoric acid groups is 1. The molecule has 126 valence electrons. The highest BCUT2D eigenvalue weighted by Gasteiger charge is 2.29. The fraction of sp³-hybridized carbons (Fsp3) is 0.600. The van der Waals surface area contributed by atoms with Crippen molar-refractivity contribution in [3.63, 3.8) is 0 Å². The summed E-state index contributed by atoms with van der Waals surface area (Å²) in [6.07, 6.45) is 2.81. The Morgan fingerprint density at radius 3 is 2.36 bits per heavy atom. The monoisotopic (exact) mass is 332 g/mol. The number of phosphoric ester groups is 1. The van der Waals surface area contributed by atoms with Gasteiger partial charge in [0.05, 0.1) is 19.8 Å². The number of hydrogen-bond acceptors (Lipinski definition) is 6. The molecule has 0 N–H and O–H groups in total. The molecule has 22 heavy (non-hydrogen) atoms. The molecule has 6 nitrogen and oxygen atoms in total. The predicted octanol–water partition coefficient (Wildman–Crippen LogP) is 4.37. The van der Waals surface area contributed by atoms with E-state index in [9.17, 15) is 4.57 Å². The molecule has 0 amide bonds. The smallest absolute Gasteiger partial charge is 0.379 e. The number of hydrogen-bond donors (Lipinski definition) is 0. The van der Waals surface area contributed by atoms with Crippen molar-refractivity contribution < 1.29 is 27.9 Å². The van der Waals surface area contributed by atoms with Gasteiger partial charge in [-0.25, -0.2) is 4.57 Å². The Balaban J connectivity index is 2.46. The molecule has 0 saturated heterocycles. The van der Waals surface area contributed by atoms with E-state index in [1.807, 2.05) is 13.0 Å². The molecule has 0 fully saturated rings. The quantitative estimate of drug-likeness (QED) is 0.231. The Bertz CT molecular complexity index is 409. The first kappa shape index (κ1) is 19.1. The highest BCUT2D eigenvalue weighted by atomic mass is 31.2. The molecule has 0 radical (unpaired) electrons. The summed E-state index contributed by atoms with van der Waals surface area (Å²) in [7, 11) is -3.77. The third kappa shape index (κ3) is 8.51. The van der Waals surface area contributed by atoms with E-state index in [0.29, 0.717) is 19.0 Å². The number of ether oxygens (including phenoxy) is 1. The molecule has 7 heteroatoms. The zero-order chi connectivity index (χ0) is 16.1. The molecule has 0 aromatic heterocycles. The van der Waals surface area contributed by atoms with Crippen LogP contribution in [0.5, 0.6) is 5.75 Å². The van der Waals surface area contributed by atoms with E-state index in [4.69, 9.17) is 23.3 Å². The standard InChI is InChI=1S/C15H25O6P/c1-3-5-9-12-18-22(16,19-14-13-17-4-2)21-20-15-10-7-6-8-11-15/h6-8,10-11H,3-5,9,12-14H2,1-2H3. The van der Waals surface area contributed by atoms with Gasteiger partial charge in [-0.2, -0.15) is 0 Å². The maximum Gasteiger partial charge on any atom is 0.511 e. The van der Waals surface area contributed by atoms with Crippen LogP contribution in [0, 0.1) is 0 Å². The van der Waals surface area contributed by atoms with Crippen molar-refractivity contribution in [2.45, 2.75) is 33.1 Å². The fourth-order valence-electron chi connectivity index (χ4n) is 1.53. The maximum absolute atomic E-state index is 12.5. The van der Waals surface area contributed by atoms with Crippen molar-refractivity contribution in [3.05, 3.63) is 30.3 Å². The van der Waals surface area contributed by atoms with Crippen LogP contribution >= 0.6 is 7.82 Å². The largest absolute Gasteiger partial charge is 0.511 e. The van der Waals surface area contributed by atoms with E-state index in [0.717, 1.165) is 19.3 Å². The van der Waals surface area contributed by atoms with Gasteiger partial charge in [0, 0.05) is 6.61 Å². The van der Waals surface area contributed by atoms with Gasteiger partial charge in [-0.3, -0.25) is 9.05 Å². The minimum Gasteiger partial charge on any atom is -0.379 e. The second-order valence-electron chi connectivity index (χ2n) is 4.49. The fourth-order valence-corrected chi connectivity index (χ4v) is 2.51. The Hall–Kier alpha value is -0.910. The third-order valence-corrected chi connectivity index (χ3v) is 3.90. The molecule has 0 aliphatic heterocycles. The van der Waals surface area contributed by atoms with Gasteiger partial charge in [-0.15, -0.1) is 0 Å². The van der Waals surface area contributed by atoms with Crippen LogP contribution in [0.3, 0.4) is 0 Å². The minimum atomic E-state index is -3.77. The summed E-state index contributed by atoms with van der Waals surface area (Å²) in [5.74, 6) is 0.424. The van der Waals surface area contributed by atoms with Gasteiger partial charge in [0.1, 0.15) is 0 Å². The normalized spacial score (nSPS) is 13.7. The van der Waals surface area contributed by atoms with Crippen LogP contribution in [0.4, 0.5) is 0 Å². The Labute approximate surface area is 132 Å². The predicted molar refractivity (Wildman–Crippen MR) is 83.7 cm³/mol. The van der Waals surface area contributed by atoms with E-state index in [1.165, 1.54) is 0 Å². The van der Waals surface area contributed by atoms with Gasteiger partial charge in [-0.1, -0.05) is 42.6 Å². The lowest BCUT2D eigenvalue weighted by molar-refractivity contribution is -0.133. The van der Waals surface area contributed by atoms with Crippen molar-refractivity contribution in [1.29, 1.82) is 0 Å². The lowest BCUT2D eigenvalue weighted by Crippen LogP contribution is -2.08. The van der Waals surface area contributed by atoms with Crippen molar-refractivity contribution in [2.75, 3.05) is 26.4 Å². The van der Waals surface area contributed by atoms with Crippen molar-refractivity contribution >= 4 is 7.82 Å². The molecular weight excluding hydrogens is 307 g/mol. The molecule has 1 rings (SSSR count). The first-order valence-electron chi connectivity index (χ1n) is 7.58. The van der Waals surface area contributed by atoms with Crippen molar-refractivity contribution in [2.24, 2.45) is 0 Å². The highest BCUT2D eigenvalue weighted by molar-refractivity contribution is 7.48. The molecule has 0 aliphatic rings. The lowest BCUT2D eigenvalue weighted by Gasteiger charge is -2.16. The second-order valence-corrected chi connectivity index (χ2v) is 6.05. The average Bonchev–Trinajstić information content (AvgIpc) is 2.55. The summed E-state index contributed by atoms with van der Waals surface area (Å²) in [5.41, 5.74) is 0. The molecule has 0 spiro atoms. The SMILES string of the molecule is CCCCCOP(=O)(OCCOCC)OOc1ccccc1. The first-order valence-corrected chi connectivity index (χ1v) is 9.04. The zero-order valence-corrected chi connectivity index (χ0v) is 14.1. The van der Waals surface area contributed by atoms with Gasteiger partial charge in [0.2, 0.25) is 0 Å². The van der Waals surface area contributed by atoms with E-state index < -0.39 is 7.82 Å². The molecule has 1 aromatic carbocycles. The van der Waals surface area contributed by atoms with Gasteiger partial charge in [0.25, 0.3) is 0 Å². The highest BCUT2D eigenvalue weighted by Crippen LogP contribution is 2.49. The number of rotatable bonds is 13. The van der Waals surface area contributed by atoms with Gasteiger partial charge < -0.3 is 9.62 Å². The summed E-state index contributed by atoms with van der Waals surface area (Å²) in [6, 6.07) is 8.76. The third-order valence-electron chi connectivity index (χ3n) is 2.65. The molecule has 0 aliphatic carbocycles. The number of benzene rings is 1. The summed E-state index contributed by atoms with van der Waals surface area (Å²) < 4.78 is 33.0. The summed E-state index contributed by atoms with van der Waals surface area (Å²) >= 11 is 0. The Kier molecular flexibility index (Phi) is 10.1. The Morgan fingerprint density at radius 1 is 0.955 bits per heavy atom. The summed E-state index contributed by atoms with van der Waals surface area (Å²) in [5, 5.41) is 0. The minimum absolute atomic E-state index is 0.108. The van der Waals surface area contributed by atoms with Crippen LogP contribution < -0.4 is 4.89 Å². The summed E-state index contributed by atoms with van der Waals surface area (Å²) in [6.45, 7) is 5.22. The molecule has 0 bridgehead atoms. The second kappa shape index (κ2) is 11.6. The van der Waals surface area contributed by atoms with Crippen LogP contribution in [-0.4, -0.2) is 26.4 Å². The topological polar surface area (TPSA) is 63.2 Å². The molecule has 1 atom stereocenters. The van der Waals surface area contributed by atoms with Gasteiger partial charge in [0.15, 0.2) is 5.75 Å². The van der Waals surface area contributed by atoms with Crippen LogP contribution in [0.25, 0.3) is 0 Å². The molecule has 1 unspecified atom stereocenters. The summed E-state index contributed by atoms with van der Waals surface area (Å²) in [4.78, 5) is 5.03. The van der Waals surface area contributed by atoms with E-state index in [1.54, 1.807) is 24.3 Å². The van der Waals surface area contributed by atoms with E-state index >= 15 is 0 Å². The Morgan fingerprint density at radius 2 is 1.68 bits per heavy atom. The van der Waals surface area contributed by atoms with Crippen LogP contribution in [0.1, 0.15) is 33.1 Å². The lowest BCUT2D eigenvalue weighted by atomic mass is 10.3. The van der Waals surface area contributed by atoms with Crippen molar-refractivity contribution in [1.82, 2.24) is 0 Å². The molecule has 1 aromatic rings. The van der Waals surface area contributed by atoms with E-state index in [2.05, 4.69) is 6.92 Å². The number of unbranched alkanes of at least 4 members (excludes halogenated alkanes) is 2. The zero-order valence-electron chi connectivity index (χ0n) is 13.2. The van der Waals surface area contributed by atoms with E-state index in [-0.39, 0.29) is 13.2 Å². The molecule has 0 saturated carbocycles. The first-order chi connectivity index (χ1) is 10.7. The average molecular weight is 332 g/mol. The van der Waals surface area contributed by atoms with Gasteiger partial charge >= 0.3 is 7.82 Å². The molecule has 0 heterocycles.